The van der Waals surface area contributed by atoms with E-state index in [9.17, 15) is 4.79 Å². The molecule has 0 radical (unpaired) electrons. The van der Waals surface area contributed by atoms with E-state index < -0.39 is 0 Å². The Balaban J connectivity index is 1.73. The van der Waals surface area contributed by atoms with E-state index in [-0.39, 0.29) is 18.0 Å². The van der Waals surface area contributed by atoms with Crippen LogP contribution in [0.4, 0.5) is 0 Å². The Labute approximate surface area is 105 Å². The molecule has 1 fully saturated rings. The monoisotopic (exact) mass is 245 g/mol. The molecule has 0 aromatic carbocycles. The maximum atomic E-state index is 12.4. The fourth-order valence-corrected chi connectivity index (χ4v) is 2.71. The number of nitriles is 1. The minimum absolute atomic E-state index is 0.0349. The van der Waals surface area contributed by atoms with Crippen molar-refractivity contribution in [2.75, 3.05) is 6.54 Å². The molecule has 2 N–H and O–H groups in total. The van der Waals surface area contributed by atoms with Crippen LogP contribution in [0.1, 0.15) is 24.2 Å². The molecule has 18 heavy (non-hydrogen) atoms. The van der Waals surface area contributed by atoms with Crippen LogP contribution in [0.25, 0.3) is 0 Å². The van der Waals surface area contributed by atoms with Crippen LogP contribution in [0, 0.1) is 11.3 Å². The van der Waals surface area contributed by atoms with E-state index in [4.69, 9.17) is 5.26 Å². The van der Waals surface area contributed by atoms with E-state index in [0.717, 1.165) is 24.2 Å². The molecule has 2 atom stereocenters. The Hall–Kier alpha value is -1.87. The van der Waals surface area contributed by atoms with Gasteiger partial charge in [0, 0.05) is 19.5 Å². The van der Waals surface area contributed by atoms with Crippen LogP contribution in [0.5, 0.6) is 0 Å². The zero-order valence-electron chi connectivity index (χ0n) is 10.0. The number of amides is 1. The minimum atomic E-state index is -0.250. The molecule has 3 rings (SSSR count). The standard InChI is InChI=1S/C12H15N5O/c13-5-8-2-1-3-17(8)12(18)10-4-9-11(6-14-10)16-7-15-9/h7-8,10,14H,1-4,6H2,(H,15,16)/t8-,10-/m0/s1. The molecule has 94 valence electrons. The van der Waals surface area contributed by atoms with E-state index in [0.29, 0.717) is 19.5 Å². The molecule has 3 heterocycles. The molecule has 1 amide bonds. The Kier molecular flexibility index (Phi) is 2.76. The van der Waals surface area contributed by atoms with Crippen LogP contribution in [-0.2, 0) is 17.8 Å². The lowest BCUT2D eigenvalue weighted by atomic mass is 10.0. The summed E-state index contributed by atoms with van der Waals surface area (Å²) in [6.45, 7) is 1.33. The van der Waals surface area contributed by atoms with Gasteiger partial charge in [-0.15, -0.1) is 0 Å². The zero-order valence-corrected chi connectivity index (χ0v) is 10.0. The molecule has 6 nitrogen and oxygen atoms in total. The van der Waals surface area contributed by atoms with Gasteiger partial charge in [0.1, 0.15) is 6.04 Å². The number of imidazole rings is 1. The number of likely N-dealkylation sites (tertiary alicyclic amines) is 1. The number of hydrogen-bond donors (Lipinski definition) is 2. The predicted molar refractivity (Wildman–Crippen MR) is 63.3 cm³/mol. The molecule has 6 heteroatoms. The van der Waals surface area contributed by atoms with Gasteiger partial charge in [-0.25, -0.2) is 4.98 Å². The molecule has 0 aliphatic carbocycles. The number of aromatic nitrogens is 2. The first-order valence-corrected chi connectivity index (χ1v) is 6.24. The fourth-order valence-electron chi connectivity index (χ4n) is 2.71. The second-order valence-electron chi connectivity index (χ2n) is 4.78. The van der Waals surface area contributed by atoms with Crippen molar-refractivity contribution in [3.63, 3.8) is 0 Å². The summed E-state index contributed by atoms with van der Waals surface area (Å²) in [5, 5.41) is 12.2. The molecule has 1 aromatic rings. The molecule has 0 spiro atoms. The summed E-state index contributed by atoms with van der Waals surface area (Å²) in [6, 6.07) is 1.71. The van der Waals surface area contributed by atoms with Crippen LogP contribution in [0.15, 0.2) is 6.33 Å². The van der Waals surface area contributed by atoms with Crippen LogP contribution in [0.3, 0.4) is 0 Å². The Morgan fingerprint density at radius 2 is 2.50 bits per heavy atom. The highest BCUT2D eigenvalue weighted by Crippen LogP contribution is 2.20. The molecule has 0 unspecified atom stereocenters. The van der Waals surface area contributed by atoms with Crippen molar-refractivity contribution >= 4 is 5.91 Å². The predicted octanol–water partition coefficient (Wildman–Crippen LogP) is -0.0614. The van der Waals surface area contributed by atoms with Gasteiger partial charge >= 0.3 is 0 Å². The number of carbonyl (C=O) groups is 1. The minimum Gasteiger partial charge on any atom is -0.347 e. The first kappa shape index (κ1) is 11.2. The highest BCUT2D eigenvalue weighted by atomic mass is 16.2. The average Bonchev–Trinajstić information content (AvgIpc) is 3.05. The van der Waals surface area contributed by atoms with Crippen molar-refractivity contribution < 1.29 is 4.79 Å². The number of nitrogens with one attached hydrogen (secondary N) is 2. The van der Waals surface area contributed by atoms with Gasteiger partial charge in [0.25, 0.3) is 0 Å². The number of carbonyl (C=O) groups excluding carboxylic acids is 1. The van der Waals surface area contributed by atoms with Crippen molar-refractivity contribution in [2.24, 2.45) is 0 Å². The van der Waals surface area contributed by atoms with Crippen LogP contribution in [-0.4, -0.2) is 39.4 Å². The highest BCUT2D eigenvalue weighted by Gasteiger charge is 2.35. The Bertz CT molecular complexity index is 503. The molecule has 1 saturated heterocycles. The molecular weight excluding hydrogens is 230 g/mol. The Morgan fingerprint density at radius 1 is 1.61 bits per heavy atom. The average molecular weight is 245 g/mol. The lowest BCUT2D eigenvalue weighted by Crippen LogP contribution is -2.50. The normalized spacial score (nSPS) is 26.7. The lowest BCUT2D eigenvalue weighted by molar-refractivity contribution is -0.133. The van der Waals surface area contributed by atoms with Crippen molar-refractivity contribution in [2.45, 2.75) is 37.9 Å². The van der Waals surface area contributed by atoms with Gasteiger partial charge in [-0.1, -0.05) is 0 Å². The van der Waals surface area contributed by atoms with Gasteiger partial charge in [-0.05, 0) is 12.8 Å². The topological polar surface area (TPSA) is 84.8 Å². The largest absolute Gasteiger partial charge is 0.347 e. The van der Waals surface area contributed by atoms with Gasteiger partial charge in [-0.3, -0.25) is 10.1 Å². The molecular formula is C12H15N5O. The maximum Gasteiger partial charge on any atom is 0.241 e. The third kappa shape index (κ3) is 1.77. The van der Waals surface area contributed by atoms with Gasteiger partial charge in [0.2, 0.25) is 5.91 Å². The van der Waals surface area contributed by atoms with Crippen LogP contribution < -0.4 is 5.32 Å². The summed E-state index contributed by atoms with van der Waals surface area (Å²) < 4.78 is 0. The SMILES string of the molecule is N#C[C@@H]1CCCN1C(=O)[C@@H]1Cc2nc[nH]c2CN1. The van der Waals surface area contributed by atoms with Crippen molar-refractivity contribution in [1.29, 1.82) is 5.26 Å². The first-order valence-electron chi connectivity index (χ1n) is 6.24. The Morgan fingerprint density at radius 3 is 3.33 bits per heavy atom. The van der Waals surface area contributed by atoms with E-state index in [1.165, 1.54) is 0 Å². The lowest BCUT2D eigenvalue weighted by Gasteiger charge is -2.28. The summed E-state index contributed by atoms with van der Waals surface area (Å²) in [6.07, 6.45) is 3.98. The van der Waals surface area contributed by atoms with E-state index >= 15 is 0 Å². The van der Waals surface area contributed by atoms with E-state index in [1.54, 1.807) is 11.2 Å². The number of fused-ring (bicyclic) bond motifs is 1. The fraction of sp³-hybridized carbons (Fsp3) is 0.583. The molecule has 0 bridgehead atoms. The number of aromatic amines is 1. The van der Waals surface area contributed by atoms with Gasteiger partial charge in [-0.2, -0.15) is 5.26 Å². The quantitative estimate of drug-likeness (QED) is 0.726. The number of hydrogen-bond acceptors (Lipinski definition) is 4. The van der Waals surface area contributed by atoms with Crippen molar-refractivity contribution in [3.8, 4) is 6.07 Å². The smallest absolute Gasteiger partial charge is 0.241 e. The number of H-pyrrole nitrogens is 1. The van der Waals surface area contributed by atoms with Crippen molar-refractivity contribution in [3.05, 3.63) is 17.7 Å². The summed E-state index contributed by atoms with van der Waals surface area (Å²) >= 11 is 0. The summed E-state index contributed by atoms with van der Waals surface area (Å²) in [5.41, 5.74) is 2.01. The van der Waals surface area contributed by atoms with Gasteiger partial charge in [0.15, 0.2) is 0 Å². The van der Waals surface area contributed by atoms with Crippen molar-refractivity contribution in [1.82, 2.24) is 20.2 Å². The van der Waals surface area contributed by atoms with Gasteiger partial charge in [0.05, 0.1) is 29.8 Å². The molecule has 2 aliphatic heterocycles. The third-order valence-electron chi connectivity index (χ3n) is 3.71. The van der Waals surface area contributed by atoms with Gasteiger partial charge < -0.3 is 9.88 Å². The number of nitrogens with zero attached hydrogens (tertiary/aromatic N) is 3. The van der Waals surface area contributed by atoms with E-state index in [2.05, 4.69) is 21.4 Å². The molecule has 2 aliphatic rings. The summed E-state index contributed by atoms with van der Waals surface area (Å²) in [4.78, 5) is 21.4. The second-order valence-corrected chi connectivity index (χ2v) is 4.78. The second kappa shape index (κ2) is 4.42. The van der Waals surface area contributed by atoms with Crippen LogP contribution >= 0.6 is 0 Å². The number of rotatable bonds is 1. The summed E-state index contributed by atoms with van der Waals surface area (Å²) in [7, 11) is 0. The highest BCUT2D eigenvalue weighted by molar-refractivity contribution is 5.83. The molecule has 1 aromatic heterocycles. The zero-order chi connectivity index (χ0) is 12.5. The molecule has 0 saturated carbocycles. The van der Waals surface area contributed by atoms with E-state index in [1.807, 2.05) is 0 Å². The summed E-state index contributed by atoms with van der Waals surface area (Å²) in [5.74, 6) is 0.0349. The third-order valence-corrected chi connectivity index (χ3v) is 3.71. The maximum absolute atomic E-state index is 12.4. The first-order chi connectivity index (χ1) is 8.79. The van der Waals surface area contributed by atoms with Crippen LogP contribution in [0.2, 0.25) is 0 Å².